The van der Waals surface area contributed by atoms with E-state index in [9.17, 15) is 4.79 Å². The van der Waals surface area contributed by atoms with Gasteiger partial charge in [0.25, 0.3) is 0 Å². The summed E-state index contributed by atoms with van der Waals surface area (Å²) in [4.78, 5) is 16.0. The van der Waals surface area contributed by atoms with E-state index < -0.39 is 0 Å². The summed E-state index contributed by atoms with van der Waals surface area (Å²) in [5.41, 5.74) is 4.26. The fourth-order valence-electron chi connectivity index (χ4n) is 2.93. The Morgan fingerprint density at radius 3 is 2.83 bits per heavy atom. The number of halogens is 1. The highest BCUT2D eigenvalue weighted by molar-refractivity contribution is 6.31. The zero-order valence-electron chi connectivity index (χ0n) is 12.5. The molecule has 4 nitrogen and oxygen atoms in total. The Kier molecular flexibility index (Phi) is 3.20. The van der Waals surface area contributed by atoms with E-state index in [0.717, 1.165) is 27.2 Å². The van der Waals surface area contributed by atoms with Gasteiger partial charge in [0.1, 0.15) is 5.52 Å². The third kappa shape index (κ3) is 2.32. The molecule has 23 heavy (non-hydrogen) atoms. The van der Waals surface area contributed by atoms with Crippen molar-refractivity contribution in [1.82, 2.24) is 14.8 Å². The van der Waals surface area contributed by atoms with E-state index in [1.807, 2.05) is 42.5 Å². The van der Waals surface area contributed by atoms with Gasteiger partial charge in [-0.1, -0.05) is 35.9 Å². The smallest absolute Gasteiger partial charge is 0.215 e. The van der Waals surface area contributed by atoms with Gasteiger partial charge in [0.15, 0.2) is 0 Å². The average molecular weight is 324 g/mol. The first kappa shape index (κ1) is 14.0. The van der Waals surface area contributed by atoms with Crippen LogP contribution in [0.4, 0.5) is 0 Å². The molecule has 0 amide bonds. The fraction of sp³-hybridized carbons (Fsp3) is 0.111. The van der Waals surface area contributed by atoms with Gasteiger partial charge in [0.2, 0.25) is 5.43 Å². The van der Waals surface area contributed by atoms with Gasteiger partial charge in [-0.3, -0.25) is 9.48 Å². The van der Waals surface area contributed by atoms with E-state index in [4.69, 9.17) is 11.6 Å². The van der Waals surface area contributed by atoms with Crippen LogP contribution in [0.3, 0.4) is 0 Å². The SMILES string of the molecule is Cn1ncc2[nH]c3ccc(Cc4ccccc4Cl)cc3c(=O)c21. The molecule has 4 rings (SSSR count). The lowest BCUT2D eigenvalue weighted by Crippen LogP contribution is -2.08. The van der Waals surface area contributed by atoms with Gasteiger partial charge in [-0.2, -0.15) is 5.10 Å². The summed E-state index contributed by atoms with van der Waals surface area (Å²) in [6.07, 6.45) is 2.37. The zero-order chi connectivity index (χ0) is 16.0. The molecule has 0 bridgehead atoms. The van der Waals surface area contributed by atoms with Gasteiger partial charge in [0, 0.05) is 23.0 Å². The molecular formula is C18H14ClN3O. The van der Waals surface area contributed by atoms with Crippen molar-refractivity contribution in [2.45, 2.75) is 6.42 Å². The van der Waals surface area contributed by atoms with E-state index in [-0.39, 0.29) is 5.43 Å². The van der Waals surface area contributed by atoms with Crippen LogP contribution in [-0.4, -0.2) is 14.8 Å². The fourth-order valence-corrected chi connectivity index (χ4v) is 3.13. The summed E-state index contributed by atoms with van der Waals surface area (Å²) in [5.74, 6) is 0. The maximum atomic E-state index is 12.7. The second-order valence-corrected chi connectivity index (χ2v) is 6.04. The normalized spacial score (nSPS) is 11.4. The predicted molar refractivity (Wildman–Crippen MR) is 93.1 cm³/mol. The van der Waals surface area contributed by atoms with Crippen LogP contribution < -0.4 is 5.43 Å². The molecule has 0 fully saturated rings. The van der Waals surface area contributed by atoms with Gasteiger partial charge in [-0.15, -0.1) is 0 Å². The molecule has 0 saturated heterocycles. The Bertz CT molecular complexity index is 1090. The first-order valence-corrected chi connectivity index (χ1v) is 7.71. The van der Waals surface area contributed by atoms with Crippen molar-refractivity contribution in [3.63, 3.8) is 0 Å². The van der Waals surface area contributed by atoms with E-state index in [1.165, 1.54) is 0 Å². The molecule has 0 radical (unpaired) electrons. The minimum Gasteiger partial charge on any atom is -0.352 e. The van der Waals surface area contributed by atoms with Crippen LogP contribution in [0.15, 0.2) is 53.5 Å². The van der Waals surface area contributed by atoms with Gasteiger partial charge in [0.05, 0.1) is 11.7 Å². The van der Waals surface area contributed by atoms with Crippen molar-refractivity contribution in [2.24, 2.45) is 7.05 Å². The lowest BCUT2D eigenvalue weighted by atomic mass is 10.0. The Morgan fingerprint density at radius 1 is 1.17 bits per heavy atom. The van der Waals surface area contributed by atoms with E-state index in [0.29, 0.717) is 17.3 Å². The third-order valence-corrected chi connectivity index (χ3v) is 4.47. The Morgan fingerprint density at radius 2 is 2.00 bits per heavy atom. The summed E-state index contributed by atoms with van der Waals surface area (Å²) in [6.45, 7) is 0. The highest BCUT2D eigenvalue weighted by Crippen LogP contribution is 2.21. The number of nitrogens with one attached hydrogen (secondary N) is 1. The van der Waals surface area contributed by atoms with Crippen molar-refractivity contribution in [1.29, 1.82) is 0 Å². The minimum absolute atomic E-state index is 0.00485. The summed E-state index contributed by atoms with van der Waals surface area (Å²) in [6, 6.07) is 13.7. The molecule has 0 aliphatic carbocycles. The highest BCUT2D eigenvalue weighted by atomic mass is 35.5. The predicted octanol–water partition coefficient (Wildman–Crippen LogP) is 3.66. The molecule has 0 aliphatic rings. The molecule has 2 aromatic heterocycles. The number of aryl methyl sites for hydroxylation is 1. The number of benzene rings is 2. The summed E-state index contributed by atoms with van der Waals surface area (Å²) in [5, 5.41) is 5.56. The number of hydrogen-bond acceptors (Lipinski definition) is 2. The first-order valence-electron chi connectivity index (χ1n) is 7.33. The lowest BCUT2D eigenvalue weighted by Gasteiger charge is -2.06. The molecule has 1 N–H and O–H groups in total. The van der Waals surface area contributed by atoms with Gasteiger partial charge < -0.3 is 4.98 Å². The Balaban J connectivity index is 1.89. The summed E-state index contributed by atoms with van der Waals surface area (Å²) in [7, 11) is 1.77. The van der Waals surface area contributed by atoms with Crippen LogP contribution in [0.25, 0.3) is 21.9 Å². The molecule has 0 saturated carbocycles. The quantitative estimate of drug-likeness (QED) is 0.612. The second-order valence-electron chi connectivity index (χ2n) is 5.63. The minimum atomic E-state index is -0.00485. The van der Waals surface area contributed by atoms with Crippen LogP contribution in [0.1, 0.15) is 11.1 Å². The molecule has 2 heterocycles. The Hall–Kier alpha value is -2.59. The number of nitrogens with zero attached hydrogens (tertiary/aromatic N) is 2. The average Bonchev–Trinajstić information content (AvgIpc) is 2.92. The van der Waals surface area contributed by atoms with Crippen LogP contribution in [-0.2, 0) is 13.5 Å². The number of aromatic amines is 1. The first-order chi connectivity index (χ1) is 11.1. The zero-order valence-corrected chi connectivity index (χ0v) is 13.3. The number of pyridine rings is 1. The second kappa shape index (κ2) is 5.25. The van der Waals surface area contributed by atoms with Gasteiger partial charge in [-0.25, -0.2) is 0 Å². The number of H-pyrrole nitrogens is 1. The lowest BCUT2D eigenvalue weighted by molar-refractivity contribution is 0.795. The number of rotatable bonds is 2. The van der Waals surface area contributed by atoms with E-state index in [1.54, 1.807) is 17.9 Å². The van der Waals surface area contributed by atoms with Crippen molar-refractivity contribution in [3.05, 3.63) is 75.0 Å². The van der Waals surface area contributed by atoms with Gasteiger partial charge >= 0.3 is 0 Å². The number of hydrogen-bond donors (Lipinski definition) is 1. The van der Waals surface area contributed by atoms with Crippen LogP contribution in [0.5, 0.6) is 0 Å². The Labute approximate surface area is 137 Å². The summed E-state index contributed by atoms with van der Waals surface area (Å²) < 4.78 is 1.61. The van der Waals surface area contributed by atoms with Gasteiger partial charge in [-0.05, 0) is 35.7 Å². The van der Waals surface area contributed by atoms with Crippen molar-refractivity contribution in [3.8, 4) is 0 Å². The summed E-state index contributed by atoms with van der Waals surface area (Å²) >= 11 is 6.23. The topological polar surface area (TPSA) is 50.7 Å². The van der Waals surface area contributed by atoms with Crippen molar-refractivity contribution < 1.29 is 0 Å². The van der Waals surface area contributed by atoms with E-state index in [2.05, 4.69) is 10.1 Å². The molecule has 2 aromatic carbocycles. The molecule has 0 aliphatic heterocycles. The van der Waals surface area contributed by atoms with E-state index >= 15 is 0 Å². The standard InChI is InChI=1S/C18H14ClN3O/c1-22-17-16(10-20-22)21-15-7-6-11(9-13(15)18(17)23)8-12-4-2-3-5-14(12)19/h2-7,9-10H,8H2,1H3,(H,21,23). The molecule has 4 aromatic rings. The molecule has 114 valence electrons. The molecule has 0 unspecified atom stereocenters. The molecule has 0 spiro atoms. The van der Waals surface area contributed by atoms with Crippen LogP contribution in [0.2, 0.25) is 5.02 Å². The molecule has 5 heteroatoms. The monoisotopic (exact) mass is 323 g/mol. The third-order valence-electron chi connectivity index (χ3n) is 4.10. The largest absolute Gasteiger partial charge is 0.352 e. The molecular weight excluding hydrogens is 310 g/mol. The maximum absolute atomic E-state index is 12.7. The number of aromatic nitrogens is 3. The molecule has 0 atom stereocenters. The van der Waals surface area contributed by atoms with Crippen LogP contribution >= 0.6 is 11.6 Å². The van der Waals surface area contributed by atoms with Crippen molar-refractivity contribution >= 4 is 33.5 Å². The number of fused-ring (bicyclic) bond motifs is 2. The highest BCUT2D eigenvalue weighted by Gasteiger charge is 2.10. The van der Waals surface area contributed by atoms with Crippen molar-refractivity contribution in [2.75, 3.05) is 0 Å². The van der Waals surface area contributed by atoms with Crippen LogP contribution in [0, 0.1) is 0 Å². The maximum Gasteiger partial charge on any atom is 0.215 e.